The van der Waals surface area contributed by atoms with Gasteiger partial charge in [0.1, 0.15) is 0 Å². The minimum absolute atomic E-state index is 0.519. The molecule has 1 nitrogen and oxygen atoms in total. The molecule has 0 aliphatic heterocycles. The van der Waals surface area contributed by atoms with E-state index >= 15 is 0 Å². The molecular weight excluding hydrogens is 242 g/mol. The molecular formula is C16H26ClN. The molecule has 2 unspecified atom stereocenters. The van der Waals surface area contributed by atoms with Crippen molar-refractivity contribution in [2.45, 2.75) is 46.0 Å². The Hall–Kier alpha value is -0.530. The van der Waals surface area contributed by atoms with Crippen LogP contribution in [0.4, 0.5) is 0 Å². The van der Waals surface area contributed by atoms with E-state index in [4.69, 9.17) is 11.6 Å². The highest BCUT2D eigenvalue weighted by atomic mass is 35.5. The highest BCUT2D eigenvalue weighted by Crippen LogP contribution is 2.32. The Bertz CT molecular complexity index is 338. The van der Waals surface area contributed by atoms with Gasteiger partial charge in [0.15, 0.2) is 0 Å². The van der Waals surface area contributed by atoms with Gasteiger partial charge in [-0.15, -0.1) is 0 Å². The molecule has 1 rings (SSSR count). The molecule has 0 heterocycles. The van der Waals surface area contributed by atoms with Crippen LogP contribution in [0.25, 0.3) is 0 Å². The van der Waals surface area contributed by atoms with Crippen molar-refractivity contribution in [3.63, 3.8) is 0 Å². The number of hydrogen-bond donors (Lipinski definition) is 1. The van der Waals surface area contributed by atoms with Gasteiger partial charge in [-0.1, -0.05) is 63.4 Å². The molecule has 0 amide bonds. The van der Waals surface area contributed by atoms with Crippen molar-refractivity contribution in [2.75, 3.05) is 13.1 Å². The maximum absolute atomic E-state index is 6.35. The molecule has 0 saturated carbocycles. The van der Waals surface area contributed by atoms with Crippen LogP contribution in [0.3, 0.4) is 0 Å². The Kier molecular flexibility index (Phi) is 7.38. The first-order valence-corrected chi connectivity index (χ1v) is 7.53. The van der Waals surface area contributed by atoms with E-state index in [1.807, 2.05) is 12.1 Å². The second-order valence-corrected chi connectivity index (χ2v) is 5.51. The zero-order valence-electron chi connectivity index (χ0n) is 11.9. The molecule has 0 radical (unpaired) electrons. The largest absolute Gasteiger partial charge is 0.316 e. The topological polar surface area (TPSA) is 12.0 Å². The summed E-state index contributed by atoms with van der Waals surface area (Å²) in [5.74, 6) is 1.18. The summed E-state index contributed by atoms with van der Waals surface area (Å²) in [5.41, 5.74) is 1.30. The predicted octanol–water partition coefficient (Wildman–Crippen LogP) is 4.86. The van der Waals surface area contributed by atoms with Gasteiger partial charge in [0.05, 0.1) is 0 Å². The van der Waals surface area contributed by atoms with Gasteiger partial charge >= 0.3 is 0 Å². The van der Waals surface area contributed by atoms with E-state index in [0.717, 1.165) is 18.1 Å². The molecule has 0 bridgehead atoms. The van der Waals surface area contributed by atoms with E-state index in [1.165, 1.54) is 24.8 Å². The third-order valence-corrected chi connectivity index (χ3v) is 3.87. The van der Waals surface area contributed by atoms with Crippen molar-refractivity contribution in [2.24, 2.45) is 5.92 Å². The zero-order chi connectivity index (χ0) is 13.4. The van der Waals surface area contributed by atoms with E-state index in [0.29, 0.717) is 11.8 Å². The highest BCUT2D eigenvalue weighted by Gasteiger charge is 2.20. The minimum atomic E-state index is 0.519. The Labute approximate surface area is 117 Å². The van der Waals surface area contributed by atoms with Gasteiger partial charge in [-0.25, -0.2) is 0 Å². The third kappa shape index (κ3) is 4.62. The Morgan fingerprint density at radius 2 is 1.89 bits per heavy atom. The van der Waals surface area contributed by atoms with Crippen LogP contribution in [0.15, 0.2) is 24.3 Å². The average molecular weight is 268 g/mol. The molecule has 0 saturated heterocycles. The summed E-state index contributed by atoms with van der Waals surface area (Å²) in [4.78, 5) is 0. The molecule has 0 aliphatic carbocycles. The maximum atomic E-state index is 6.35. The Morgan fingerprint density at radius 1 is 1.17 bits per heavy atom. The van der Waals surface area contributed by atoms with E-state index in [9.17, 15) is 0 Å². The molecule has 0 aromatic heterocycles. The first-order chi connectivity index (χ1) is 8.70. The van der Waals surface area contributed by atoms with E-state index < -0.39 is 0 Å². The van der Waals surface area contributed by atoms with Crippen LogP contribution in [0, 0.1) is 5.92 Å². The van der Waals surface area contributed by atoms with Crippen molar-refractivity contribution in [1.82, 2.24) is 5.32 Å². The van der Waals surface area contributed by atoms with Gasteiger partial charge in [0.2, 0.25) is 0 Å². The molecule has 2 heteroatoms. The summed E-state index contributed by atoms with van der Waals surface area (Å²) in [6.45, 7) is 8.90. The molecule has 2 atom stereocenters. The molecule has 1 N–H and O–H groups in total. The standard InChI is InChI=1S/C16H26ClN/c1-4-8-13(3)15(12-18-11-5-2)14-9-6-7-10-16(14)17/h6-7,9-10,13,15,18H,4-5,8,11-12H2,1-3H3. The number of nitrogens with one attached hydrogen (secondary N) is 1. The molecule has 102 valence electrons. The SMILES string of the molecule is CCCNCC(c1ccccc1Cl)C(C)CCC. The summed E-state index contributed by atoms with van der Waals surface area (Å²) >= 11 is 6.35. The summed E-state index contributed by atoms with van der Waals surface area (Å²) in [7, 11) is 0. The monoisotopic (exact) mass is 267 g/mol. The second kappa shape index (κ2) is 8.55. The molecule has 0 fully saturated rings. The number of halogens is 1. The lowest BCUT2D eigenvalue weighted by atomic mass is 9.84. The van der Waals surface area contributed by atoms with Gasteiger partial charge in [0.25, 0.3) is 0 Å². The maximum Gasteiger partial charge on any atom is 0.0441 e. The van der Waals surface area contributed by atoms with Crippen molar-refractivity contribution >= 4 is 11.6 Å². The van der Waals surface area contributed by atoms with Gasteiger partial charge in [-0.2, -0.15) is 0 Å². The highest BCUT2D eigenvalue weighted by molar-refractivity contribution is 6.31. The molecule has 1 aromatic rings. The fourth-order valence-electron chi connectivity index (χ4n) is 2.48. The van der Waals surface area contributed by atoms with Crippen molar-refractivity contribution in [3.8, 4) is 0 Å². The lowest BCUT2D eigenvalue weighted by Gasteiger charge is -2.25. The molecule has 0 aliphatic rings. The van der Waals surface area contributed by atoms with Crippen molar-refractivity contribution in [3.05, 3.63) is 34.9 Å². The Balaban J connectivity index is 2.79. The predicted molar refractivity (Wildman–Crippen MR) is 81.4 cm³/mol. The van der Waals surface area contributed by atoms with Gasteiger partial charge in [-0.3, -0.25) is 0 Å². The van der Waals surface area contributed by atoms with Crippen LogP contribution < -0.4 is 5.32 Å². The van der Waals surface area contributed by atoms with Gasteiger partial charge in [-0.05, 0) is 30.5 Å². The van der Waals surface area contributed by atoms with Gasteiger partial charge in [0, 0.05) is 17.5 Å². The van der Waals surface area contributed by atoms with E-state index in [-0.39, 0.29) is 0 Å². The summed E-state index contributed by atoms with van der Waals surface area (Å²) < 4.78 is 0. The van der Waals surface area contributed by atoms with Crippen LogP contribution in [0.5, 0.6) is 0 Å². The minimum Gasteiger partial charge on any atom is -0.316 e. The zero-order valence-corrected chi connectivity index (χ0v) is 12.6. The molecule has 1 aromatic carbocycles. The number of hydrogen-bond acceptors (Lipinski definition) is 1. The lowest BCUT2D eigenvalue weighted by molar-refractivity contribution is 0.404. The fraction of sp³-hybridized carbons (Fsp3) is 0.625. The van der Waals surface area contributed by atoms with E-state index in [1.54, 1.807) is 0 Å². The summed E-state index contributed by atoms with van der Waals surface area (Å²) in [6, 6.07) is 8.27. The van der Waals surface area contributed by atoms with Crippen LogP contribution >= 0.6 is 11.6 Å². The number of rotatable bonds is 8. The quantitative estimate of drug-likeness (QED) is 0.664. The van der Waals surface area contributed by atoms with Gasteiger partial charge < -0.3 is 5.32 Å². The van der Waals surface area contributed by atoms with Crippen LogP contribution in [0.2, 0.25) is 5.02 Å². The first-order valence-electron chi connectivity index (χ1n) is 7.15. The lowest BCUT2D eigenvalue weighted by Crippen LogP contribution is -2.26. The van der Waals surface area contributed by atoms with E-state index in [2.05, 4.69) is 38.2 Å². The fourth-order valence-corrected chi connectivity index (χ4v) is 2.76. The number of benzene rings is 1. The van der Waals surface area contributed by atoms with Crippen LogP contribution in [-0.4, -0.2) is 13.1 Å². The summed E-state index contributed by atoms with van der Waals surface area (Å²) in [5, 5.41) is 4.45. The molecule has 0 spiro atoms. The first kappa shape index (κ1) is 15.5. The van der Waals surface area contributed by atoms with Crippen LogP contribution in [-0.2, 0) is 0 Å². The van der Waals surface area contributed by atoms with Crippen molar-refractivity contribution in [1.29, 1.82) is 0 Å². The third-order valence-electron chi connectivity index (χ3n) is 3.53. The van der Waals surface area contributed by atoms with Crippen LogP contribution in [0.1, 0.15) is 51.5 Å². The smallest absolute Gasteiger partial charge is 0.0441 e. The molecule has 18 heavy (non-hydrogen) atoms. The average Bonchev–Trinajstić information content (AvgIpc) is 2.36. The Morgan fingerprint density at radius 3 is 2.50 bits per heavy atom. The summed E-state index contributed by atoms with van der Waals surface area (Å²) in [6.07, 6.45) is 3.66. The normalized spacial score (nSPS) is 14.4. The van der Waals surface area contributed by atoms with Crippen molar-refractivity contribution < 1.29 is 0 Å². The second-order valence-electron chi connectivity index (χ2n) is 5.10.